The zero-order chi connectivity index (χ0) is 27.4. The third kappa shape index (κ3) is 5.18. The topological polar surface area (TPSA) is 89.3 Å². The maximum Gasteiger partial charge on any atom is 0.197 e. The summed E-state index contributed by atoms with van der Waals surface area (Å²) < 4.78 is 1.58. The molecule has 1 N–H and O–H groups in total. The Hall–Kier alpha value is -5.10. The molecule has 6 nitrogen and oxygen atoms in total. The average molecular weight is 515 g/mol. The van der Waals surface area contributed by atoms with Crippen molar-refractivity contribution >= 4 is 17.3 Å². The lowest BCUT2D eigenvalue weighted by Crippen LogP contribution is -2.14. The number of carbonyl (C=O) groups is 3. The van der Waals surface area contributed by atoms with Crippen LogP contribution < -0.4 is 0 Å². The fourth-order valence-corrected chi connectivity index (χ4v) is 4.53. The van der Waals surface area contributed by atoms with Crippen LogP contribution in [0.1, 0.15) is 55.7 Å². The summed E-state index contributed by atoms with van der Waals surface area (Å²) in [4.78, 5) is 40.9. The second-order valence-electron chi connectivity index (χ2n) is 9.11. The second-order valence-corrected chi connectivity index (χ2v) is 9.11. The van der Waals surface area contributed by atoms with Crippen molar-refractivity contribution in [2.75, 3.05) is 0 Å². The normalized spacial score (nSPS) is 10.8. The molecule has 6 heteroatoms. The first-order valence-corrected chi connectivity index (χ1v) is 12.7. The molecule has 0 aliphatic rings. The van der Waals surface area contributed by atoms with Crippen LogP contribution in [0.25, 0.3) is 16.9 Å². The third-order valence-corrected chi connectivity index (χ3v) is 6.55. The van der Waals surface area contributed by atoms with Gasteiger partial charge in [-0.2, -0.15) is 5.10 Å². The molecule has 0 spiro atoms. The highest BCUT2D eigenvalue weighted by molar-refractivity contribution is 6.22. The van der Waals surface area contributed by atoms with Crippen molar-refractivity contribution in [2.45, 2.75) is 19.8 Å². The molecule has 0 aliphatic heterocycles. The molecule has 192 valence electrons. The van der Waals surface area contributed by atoms with Crippen molar-refractivity contribution in [1.82, 2.24) is 9.78 Å². The van der Waals surface area contributed by atoms with Crippen molar-refractivity contribution in [1.29, 1.82) is 0 Å². The average Bonchev–Trinajstić information content (AvgIpc) is 3.39. The molecule has 5 rings (SSSR count). The van der Waals surface area contributed by atoms with Crippen molar-refractivity contribution in [3.8, 4) is 22.7 Å². The van der Waals surface area contributed by atoms with E-state index in [1.165, 1.54) is 6.07 Å². The number of aromatic nitrogens is 2. The number of ketones is 3. The van der Waals surface area contributed by atoms with Crippen molar-refractivity contribution in [3.63, 3.8) is 0 Å². The zero-order valence-corrected chi connectivity index (χ0v) is 21.4. The minimum absolute atomic E-state index is 0.0735. The van der Waals surface area contributed by atoms with Crippen LogP contribution in [0.2, 0.25) is 0 Å². The Morgan fingerprint density at radius 3 is 2.03 bits per heavy atom. The number of carbonyl (C=O) groups excluding carboxylic acids is 3. The van der Waals surface area contributed by atoms with Crippen LogP contribution in [-0.2, 0) is 6.42 Å². The number of hydrogen-bond acceptors (Lipinski definition) is 5. The van der Waals surface area contributed by atoms with Gasteiger partial charge in [0, 0.05) is 11.1 Å². The highest BCUT2D eigenvalue weighted by Gasteiger charge is 2.31. The first-order valence-electron chi connectivity index (χ1n) is 12.7. The van der Waals surface area contributed by atoms with Crippen LogP contribution in [0, 0.1) is 0 Å². The smallest absolute Gasteiger partial charge is 0.197 e. The standard InChI is InChI=1S/C33H26N2O4/c1-2-22-18-19-27(36)26(20-22)28(37)21-29(38)31-30(33(39)24-14-8-4-9-15-24)32(23-12-6-3-7-13-23)35(34-31)25-16-10-5-11-17-25/h3-20,36H,2,21H2,1H3. The van der Waals surface area contributed by atoms with E-state index >= 15 is 0 Å². The number of benzene rings is 4. The van der Waals surface area contributed by atoms with Crippen LogP contribution in [0.4, 0.5) is 0 Å². The van der Waals surface area contributed by atoms with E-state index in [9.17, 15) is 19.5 Å². The van der Waals surface area contributed by atoms with Gasteiger partial charge in [0.2, 0.25) is 0 Å². The van der Waals surface area contributed by atoms with E-state index in [-0.39, 0.29) is 28.4 Å². The summed E-state index contributed by atoms with van der Waals surface area (Å²) in [6, 6.07) is 32.0. The molecule has 0 unspecified atom stereocenters. The molecule has 0 amide bonds. The highest BCUT2D eigenvalue weighted by atomic mass is 16.3. The van der Waals surface area contributed by atoms with E-state index in [0.717, 1.165) is 5.56 Å². The molecule has 0 radical (unpaired) electrons. The highest BCUT2D eigenvalue weighted by Crippen LogP contribution is 2.32. The monoisotopic (exact) mass is 514 g/mol. The maximum atomic E-state index is 14.0. The predicted octanol–water partition coefficient (Wildman–Crippen LogP) is 6.49. The van der Waals surface area contributed by atoms with E-state index < -0.39 is 18.0 Å². The third-order valence-electron chi connectivity index (χ3n) is 6.55. The van der Waals surface area contributed by atoms with E-state index in [2.05, 4.69) is 5.10 Å². The van der Waals surface area contributed by atoms with Crippen molar-refractivity contribution < 1.29 is 19.5 Å². The molecule has 1 heterocycles. The Kier molecular flexibility index (Phi) is 7.28. The Morgan fingerprint density at radius 1 is 0.769 bits per heavy atom. The van der Waals surface area contributed by atoms with Crippen LogP contribution in [0.3, 0.4) is 0 Å². The van der Waals surface area contributed by atoms with Crippen molar-refractivity contribution in [2.24, 2.45) is 0 Å². The maximum absolute atomic E-state index is 14.0. The molecule has 0 bridgehead atoms. The van der Waals surface area contributed by atoms with Crippen LogP contribution >= 0.6 is 0 Å². The zero-order valence-electron chi connectivity index (χ0n) is 21.4. The number of hydrogen-bond donors (Lipinski definition) is 1. The quantitative estimate of drug-likeness (QED) is 0.179. The predicted molar refractivity (Wildman–Crippen MR) is 150 cm³/mol. The SMILES string of the molecule is CCc1ccc(O)c(C(=O)CC(=O)c2nn(-c3ccccc3)c(-c3ccccc3)c2C(=O)c2ccccc2)c1. The summed E-state index contributed by atoms with van der Waals surface area (Å²) in [5, 5.41) is 15.0. The number of para-hydroxylation sites is 1. The minimum Gasteiger partial charge on any atom is -0.507 e. The fraction of sp³-hybridized carbons (Fsp3) is 0.0909. The molecular weight excluding hydrogens is 488 g/mol. The first-order chi connectivity index (χ1) is 19.0. The van der Waals surface area contributed by atoms with Crippen LogP contribution in [0.15, 0.2) is 109 Å². The number of rotatable bonds is 9. The van der Waals surface area contributed by atoms with Gasteiger partial charge in [-0.25, -0.2) is 4.68 Å². The number of Topliss-reactive ketones (excluding diaryl/α,β-unsaturated/α-hetero) is 2. The number of nitrogens with zero attached hydrogens (tertiary/aromatic N) is 2. The van der Waals surface area contributed by atoms with Crippen molar-refractivity contribution in [3.05, 3.63) is 137 Å². The summed E-state index contributed by atoms with van der Waals surface area (Å²) in [6.07, 6.45) is 0.127. The largest absolute Gasteiger partial charge is 0.507 e. The van der Waals surface area contributed by atoms with Gasteiger partial charge >= 0.3 is 0 Å². The number of aromatic hydroxyl groups is 1. The van der Waals surface area contributed by atoms with E-state index in [1.807, 2.05) is 73.7 Å². The van der Waals surface area contributed by atoms with Gasteiger partial charge in [-0.15, -0.1) is 0 Å². The lowest BCUT2D eigenvalue weighted by atomic mass is 9.94. The summed E-state index contributed by atoms with van der Waals surface area (Å²) in [5.41, 5.74) is 3.20. The summed E-state index contributed by atoms with van der Waals surface area (Å²) in [7, 11) is 0. The van der Waals surface area contributed by atoms with Gasteiger partial charge in [-0.3, -0.25) is 14.4 Å². The molecular formula is C33H26N2O4. The number of phenols is 1. The molecule has 4 aromatic carbocycles. The number of aryl methyl sites for hydroxylation is 1. The second kappa shape index (κ2) is 11.1. The van der Waals surface area contributed by atoms with E-state index in [1.54, 1.807) is 41.1 Å². The molecule has 0 fully saturated rings. The lowest BCUT2D eigenvalue weighted by Gasteiger charge is -2.10. The van der Waals surface area contributed by atoms with E-state index in [4.69, 9.17) is 0 Å². The Bertz CT molecular complexity index is 1660. The van der Waals surface area contributed by atoms with Gasteiger partial charge in [0.1, 0.15) is 11.4 Å². The Balaban J connectivity index is 1.68. The Morgan fingerprint density at radius 2 is 1.38 bits per heavy atom. The molecule has 0 aliphatic carbocycles. The Labute approximate surface area is 226 Å². The van der Waals surface area contributed by atoms with Gasteiger partial charge < -0.3 is 5.11 Å². The summed E-state index contributed by atoms with van der Waals surface area (Å²) in [5.74, 6) is -1.71. The van der Waals surface area contributed by atoms with E-state index in [0.29, 0.717) is 28.9 Å². The molecule has 0 atom stereocenters. The fourth-order valence-electron chi connectivity index (χ4n) is 4.53. The summed E-state index contributed by atoms with van der Waals surface area (Å²) in [6.45, 7) is 1.94. The lowest BCUT2D eigenvalue weighted by molar-refractivity contribution is 0.0884. The van der Waals surface area contributed by atoms with Gasteiger partial charge in [0.05, 0.1) is 28.9 Å². The minimum atomic E-state index is -0.604. The molecule has 5 aromatic rings. The first kappa shape index (κ1) is 25.5. The molecule has 39 heavy (non-hydrogen) atoms. The van der Waals surface area contributed by atoms with Crippen LogP contribution in [0.5, 0.6) is 5.75 Å². The molecule has 1 aromatic heterocycles. The molecule has 0 saturated heterocycles. The summed E-state index contributed by atoms with van der Waals surface area (Å²) >= 11 is 0. The number of phenolic OH excluding ortho intramolecular Hbond substituents is 1. The van der Waals surface area contributed by atoms with Crippen LogP contribution in [-0.4, -0.2) is 32.2 Å². The van der Waals surface area contributed by atoms with Gasteiger partial charge in [-0.05, 0) is 36.2 Å². The van der Waals surface area contributed by atoms with Gasteiger partial charge in [0.25, 0.3) is 0 Å². The molecule has 0 saturated carbocycles. The van der Waals surface area contributed by atoms with Gasteiger partial charge in [0.15, 0.2) is 17.3 Å². The van der Waals surface area contributed by atoms with Gasteiger partial charge in [-0.1, -0.05) is 91.9 Å².